The number of nitrogens with zero attached hydrogens (tertiary/aromatic N) is 2. The SMILES string of the molecule is Cn1c(CCNC(=O)COc2ccccc2)nc2ccccc2c1=O. The Labute approximate surface area is 145 Å². The van der Waals surface area contributed by atoms with Gasteiger partial charge in [0.15, 0.2) is 6.61 Å². The summed E-state index contributed by atoms with van der Waals surface area (Å²) in [6, 6.07) is 16.4. The number of nitrogens with one attached hydrogen (secondary N) is 1. The van der Waals surface area contributed by atoms with Gasteiger partial charge < -0.3 is 10.1 Å². The smallest absolute Gasteiger partial charge is 0.261 e. The van der Waals surface area contributed by atoms with E-state index in [1.807, 2.05) is 36.4 Å². The number of aromatic nitrogens is 2. The molecule has 1 amide bonds. The van der Waals surface area contributed by atoms with E-state index in [0.717, 1.165) is 0 Å². The molecule has 0 saturated carbocycles. The van der Waals surface area contributed by atoms with E-state index in [2.05, 4.69) is 10.3 Å². The second kappa shape index (κ2) is 7.61. The van der Waals surface area contributed by atoms with Gasteiger partial charge in [0.1, 0.15) is 11.6 Å². The summed E-state index contributed by atoms with van der Waals surface area (Å²) >= 11 is 0. The molecule has 3 aromatic rings. The monoisotopic (exact) mass is 337 g/mol. The molecule has 1 aromatic heterocycles. The van der Waals surface area contributed by atoms with Crippen molar-refractivity contribution in [1.29, 1.82) is 0 Å². The van der Waals surface area contributed by atoms with Gasteiger partial charge in [-0.2, -0.15) is 0 Å². The van der Waals surface area contributed by atoms with E-state index in [1.54, 1.807) is 25.2 Å². The van der Waals surface area contributed by atoms with E-state index in [-0.39, 0.29) is 18.1 Å². The molecular weight excluding hydrogens is 318 g/mol. The van der Waals surface area contributed by atoms with Gasteiger partial charge in [0, 0.05) is 20.0 Å². The van der Waals surface area contributed by atoms with Crippen LogP contribution in [0.4, 0.5) is 0 Å². The molecule has 25 heavy (non-hydrogen) atoms. The van der Waals surface area contributed by atoms with Crippen LogP contribution in [0.5, 0.6) is 5.75 Å². The topological polar surface area (TPSA) is 73.2 Å². The molecule has 0 aliphatic rings. The third kappa shape index (κ3) is 4.03. The Morgan fingerprint density at radius 1 is 1.12 bits per heavy atom. The van der Waals surface area contributed by atoms with E-state index in [4.69, 9.17) is 4.74 Å². The molecule has 6 heteroatoms. The quantitative estimate of drug-likeness (QED) is 0.743. The number of benzene rings is 2. The molecule has 0 bridgehead atoms. The van der Waals surface area contributed by atoms with Crippen molar-refractivity contribution in [3.05, 3.63) is 70.8 Å². The molecule has 0 saturated heterocycles. The number of hydrogen-bond acceptors (Lipinski definition) is 4. The van der Waals surface area contributed by atoms with Crippen LogP contribution in [0.25, 0.3) is 10.9 Å². The van der Waals surface area contributed by atoms with Gasteiger partial charge in [-0.15, -0.1) is 0 Å². The molecular formula is C19H19N3O3. The summed E-state index contributed by atoms with van der Waals surface area (Å²) < 4.78 is 6.91. The first-order valence-electron chi connectivity index (χ1n) is 8.04. The molecule has 0 atom stereocenters. The molecule has 2 aromatic carbocycles. The first-order valence-corrected chi connectivity index (χ1v) is 8.04. The zero-order valence-corrected chi connectivity index (χ0v) is 13.9. The highest BCUT2D eigenvalue weighted by Crippen LogP contribution is 2.08. The number of fused-ring (bicyclic) bond motifs is 1. The molecule has 0 aliphatic heterocycles. The summed E-state index contributed by atoms with van der Waals surface area (Å²) in [5.41, 5.74) is 0.582. The Bertz CT molecular complexity index is 936. The average Bonchev–Trinajstić information content (AvgIpc) is 2.65. The van der Waals surface area contributed by atoms with Gasteiger partial charge >= 0.3 is 0 Å². The fourth-order valence-electron chi connectivity index (χ4n) is 2.52. The van der Waals surface area contributed by atoms with Crippen molar-refractivity contribution in [1.82, 2.24) is 14.9 Å². The zero-order valence-electron chi connectivity index (χ0n) is 13.9. The summed E-state index contributed by atoms with van der Waals surface area (Å²) in [6.45, 7) is 0.337. The predicted molar refractivity (Wildman–Crippen MR) is 95.6 cm³/mol. The van der Waals surface area contributed by atoms with E-state index >= 15 is 0 Å². The van der Waals surface area contributed by atoms with Crippen LogP contribution in [0.1, 0.15) is 5.82 Å². The predicted octanol–water partition coefficient (Wildman–Crippen LogP) is 1.67. The third-order valence-corrected chi connectivity index (χ3v) is 3.86. The molecule has 0 spiro atoms. The maximum atomic E-state index is 12.3. The van der Waals surface area contributed by atoms with Crippen LogP contribution in [0, 0.1) is 0 Å². The Kier molecular flexibility index (Phi) is 5.09. The van der Waals surface area contributed by atoms with Gasteiger partial charge in [-0.25, -0.2) is 4.98 Å². The lowest BCUT2D eigenvalue weighted by atomic mass is 10.2. The normalized spacial score (nSPS) is 10.6. The lowest BCUT2D eigenvalue weighted by Gasteiger charge is -2.10. The Balaban J connectivity index is 1.57. The summed E-state index contributed by atoms with van der Waals surface area (Å²) in [4.78, 5) is 28.7. The highest BCUT2D eigenvalue weighted by Gasteiger charge is 2.08. The highest BCUT2D eigenvalue weighted by atomic mass is 16.5. The van der Waals surface area contributed by atoms with E-state index < -0.39 is 0 Å². The third-order valence-electron chi connectivity index (χ3n) is 3.86. The molecule has 0 unspecified atom stereocenters. The van der Waals surface area contributed by atoms with Gasteiger partial charge in [-0.3, -0.25) is 14.2 Å². The van der Waals surface area contributed by atoms with Crippen LogP contribution in [-0.2, 0) is 18.3 Å². The summed E-state index contributed by atoms with van der Waals surface area (Å²) in [5, 5.41) is 3.37. The van der Waals surface area contributed by atoms with Gasteiger partial charge in [-0.05, 0) is 24.3 Å². The van der Waals surface area contributed by atoms with Crippen LogP contribution < -0.4 is 15.6 Å². The largest absolute Gasteiger partial charge is 0.484 e. The molecule has 0 fully saturated rings. The van der Waals surface area contributed by atoms with E-state index in [1.165, 1.54) is 4.57 Å². The van der Waals surface area contributed by atoms with E-state index in [9.17, 15) is 9.59 Å². The van der Waals surface area contributed by atoms with Gasteiger partial charge in [0.2, 0.25) is 0 Å². The van der Waals surface area contributed by atoms with Crippen molar-refractivity contribution < 1.29 is 9.53 Å². The lowest BCUT2D eigenvalue weighted by molar-refractivity contribution is -0.123. The maximum absolute atomic E-state index is 12.3. The molecule has 6 nitrogen and oxygen atoms in total. The van der Waals surface area contributed by atoms with Crippen LogP contribution in [0.2, 0.25) is 0 Å². The number of carbonyl (C=O) groups is 1. The second-order valence-electron chi connectivity index (χ2n) is 5.61. The molecule has 128 valence electrons. The van der Waals surface area contributed by atoms with Crippen molar-refractivity contribution >= 4 is 16.8 Å². The maximum Gasteiger partial charge on any atom is 0.261 e. The minimum atomic E-state index is -0.213. The highest BCUT2D eigenvalue weighted by molar-refractivity contribution is 5.78. The molecule has 0 aliphatic carbocycles. The number of ether oxygens (including phenoxy) is 1. The number of carbonyl (C=O) groups excluding carboxylic acids is 1. The Hall–Kier alpha value is -3.15. The number of rotatable bonds is 6. The first-order chi connectivity index (χ1) is 12.1. The van der Waals surface area contributed by atoms with Crippen molar-refractivity contribution in [3.63, 3.8) is 0 Å². The number of amides is 1. The summed E-state index contributed by atoms with van der Waals surface area (Å²) in [6.07, 6.45) is 0.466. The van der Waals surface area contributed by atoms with Gasteiger partial charge in [0.05, 0.1) is 10.9 Å². The minimum absolute atomic E-state index is 0.0475. The molecule has 3 rings (SSSR count). The van der Waals surface area contributed by atoms with Crippen LogP contribution in [0.15, 0.2) is 59.4 Å². The van der Waals surface area contributed by atoms with Crippen molar-refractivity contribution in [2.75, 3.05) is 13.2 Å². The Morgan fingerprint density at radius 3 is 2.64 bits per heavy atom. The van der Waals surface area contributed by atoms with Crippen LogP contribution in [-0.4, -0.2) is 28.6 Å². The van der Waals surface area contributed by atoms with Crippen molar-refractivity contribution in [2.45, 2.75) is 6.42 Å². The van der Waals surface area contributed by atoms with E-state index in [0.29, 0.717) is 35.4 Å². The Morgan fingerprint density at radius 2 is 1.84 bits per heavy atom. The summed E-state index contributed by atoms with van der Waals surface area (Å²) in [7, 11) is 1.69. The molecule has 1 heterocycles. The average molecular weight is 337 g/mol. The standard InChI is InChI=1S/C19H19N3O3/c1-22-17(21-16-10-6-5-9-15(16)19(22)24)11-12-20-18(23)13-25-14-7-3-2-4-8-14/h2-10H,11-13H2,1H3,(H,20,23). The fourth-order valence-corrected chi connectivity index (χ4v) is 2.52. The van der Waals surface area contributed by atoms with Gasteiger partial charge in [-0.1, -0.05) is 30.3 Å². The number of para-hydroxylation sites is 2. The fraction of sp³-hybridized carbons (Fsp3) is 0.211. The van der Waals surface area contributed by atoms with Crippen LogP contribution >= 0.6 is 0 Å². The molecule has 0 radical (unpaired) electrons. The van der Waals surface area contributed by atoms with Crippen molar-refractivity contribution in [2.24, 2.45) is 7.05 Å². The second-order valence-corrected chi connectivity index (χ2v) is 5.61. The summed E-state index contributed by atoms with van der Waals surface area (Å²) in [5.74, 6) is 1.07. The zero-order chi connectivity index (χ0) is 17.6. The minimum Gasteiger partial charge on any atom is -0.484 e. The van der Waals surface area contributed by atoms with Gasteiger partial charge in [0.25, 0.3) is 11.5 Å². The van der Waals surface area contributed by atoms with Crippen LogP contribution in [0.3, 0.4) is 0 Å². The molecule has 1 N–H and O–H groups in total. The lowest BCUT2D eigenvalue weighted by Crippen LogP contribution is -2.32. The number of hydrogen-bond donors (Lipinski definition) is 1. The first kappa shape index (κ1) is 16.7. The van der Waals surface area contributed by atoms with Crippen molar-refractivity contribution in [3.8, 4) is 5.75 Å².